The van der Waals surface area contributed by atoms with Crippen molar-refractivity contribution in [3.8, 4) is 0 Å². The van der Waals surface area contributed by atoms with Crippen molar-refractivity contribution >= 4 is 40.2 Å². The summed E-state index contributed by atoms with van der Waals surface area (Å²) in [7, 11) is 4.18. The Morgan fingerprint density at radius 2 is 1.89 bits per heavy atom. The topological polar surface area (TPSA) is 15.3 Å². The van der Waals surface area contributed by atoms with Crippen molar-refractivity contribution in [3.05, 3.63) is 57.7 Å². The van der Waals surface area contributed by atoms with Gasteiger partial charge in [-0.1, -0.05) is 24.3 Å². The minimum absolute atomic E-state index is 0.956. The summed E-state index contributed by atoms with van der Waals surface area (Å²) in [5.41, 5.74) is 2.48. The average molecular weight is 384 g/mol. The quantitative estimate of drug-likeness (QED) is 0.605. The molecule has 0 aliphatic heterocycles. The molecule has 2 aromatic carbocycles. The summed E-state index contributed by atoms with van der Waals surface area (Å²) in [6, 6.07) is 16.9. The number of hydrogen-bond acceptors (Lipinski definition) is 3. The molecule has 2 nitrogen and oxygen atoms in total. The summed E-state index contributed by atoms with van der Waals surface area (Å²) in [4.78, 5) is 3.46. The largest absolute Gasteiger partial charge is 0.326 e. The van der Waals surface area contributed by atoms with Gasteiger partial charge in [-0.2, -0.15) is 0 Å². The molecule has 0 bridgehead atoms. The van der Waals surface area contributed by atoms with Crippen molar-refractivity contribution in [2.45, 2.75) is 11.4 Å². The smallest absolute Gasteiger partial charge is 0.0453 e. The Labute approximate surface area is 132 Å². The first-order valence-electron chi connectivity index (χ1n) is 6.06. The molecule has 2 aromatic rings. The highest BCUT2D eigenvalue weighted by Gasteiger charge is 2.04. The Bertz CT molecular complexity index is 543. The van der Waals surface area contributed by atoms with Gasteiger partial charge in [0.25, 0.3) is 0 Å². The van der Waals surface area contributed by atoms with E-state index < -0.39 is 0 Å². The maximum atomic E-state index is 3.41. The van der Waals surface area contributed by atoms with Crippen molar-refractivity contribution in [2.24, 2.45) is 0 Å². The Hall–Kier alpha value is -0.720. The maximum absolute atomic E-state index is 3.41. The van der Waals surface area contributed by atoms with Crippen LogP contribution in [0.25, 0.3) is 0 Å². The van der Waals surface area contributed by atoms with Gasteiger partial charge >= 0.3 is 0 Å². The minimum Gasteiger partial charge on any atom is -0.326 e. The van der Waals surface area contributed by atoms with Crippen LogP contribution in [0.2, 0.25) is 0 Å². The van der Waals surface area contributed by atoms with E-state index >= 15 is 0 Å². The van der Waals surface area contributed by atoms with Crippen LogP contribution in [-0.4, -0.2) is 19.0 Å². The maximum Gasteiger partial charge on any atom is 0.0453 e. The molecule has 2 rings (SSSR count). The standard InChI is InChI=1S/C15H17IN2S/c1-18(2)11-12-6-3-4-9-15(12)19-17-14-8-5-7-13(16)10-14/h3-10,17H,11H2,1-2H3. The molecule has 0 saturated heterocycles. The fourth-order valence-corrected chi connectivity index (χ4v) is 3.05. The van der Waals surface area contributed by atoms with Crippen LogP contribution < -0.4 is 4.72 Å². The number of rotatable bonds is 5. The highest BCUT2D eigenvalue weighted by molar-refractivity contribution is 14.1. The zero-order chi connectivity index (χ0) is 13.7. The first-order chi connectivity index (χ1) is 9.15. The van der Waals surface area contributed by atoms with Crippen molar-refractivity contribution in [3.63, 3.8) is 0 Å². The number of halogens is 1. The second-order valence-corrected chi connectivity index (χ2v) is 6.65. The first kappa shape index (κ1) is 14.7. The second-order valence-electron chi connectivity index (χ2n) is 4.56. The lowest BCUT2D eigenvalue weighted by Crippen LogP contribution is -2.11. The molecule has 100 valence electrons. The molecule has 0 atom stereocenters. The lowest BCUT2D eigenvalue weighted by atomic mass is 10.2. The van der Waals surface area contributed by atoms with E-state index in [1.54, 1.807) is 11.9 Å². The molecule has 0 fully saturated rings. The van der Waals surface area contributed by atoms with Gasteiger partial charge in [0.15, 0.2) is 0 Å². The molecule has 0 radical (unpaired) electrons. The van der Waals surface area contributed by atoms with Gasteiger partial charge < -0.3 is 9.62 Å². The predicted octanol–water partition coefficient (Wildman–Crippen LogP) is 4.47. The molecule has 19 heavy (non-hydrogen) atoms. The number of nitrogens with one attached hydrogen (secondary N) is 1. The minimum atomic E-state index is 0.956. The number of benzene rings is 2. The molecule has 0 aliphatic carbocycles. The highest BCUT2D eigenvalue weighted by Crippen LogP contribution is 2.25. The van der Waals surface area contributed by atoms with Gasteiger partial charge in [-0.15, -0.1) is 0 Å². The van der Waals surface area contributed by atoms with E-state index in [4.69, 9.17) is 0 Å². The molecule has 0 spiro atoms. The lowest BCUT2D eigenvalue weighted by molar-refractivity contribution is 0.399. The summed E-state index contributed by atoms with van der Waals surface area (Å²) >= 11 is 4.00. The van der Waals surface area contributed by atoms with Crippen LogP contribution in [0, 0.1) is 3.57 Å². The highest BCUT2D eigenvalue weighted by atomic mass is 127. The number of nitrogens with zero attached hydrogens (tertiary/aromatic N) is 1. The molecule has 0 unspecified atom stereocenters. The van der Waals surface area contributed by atoms with Crippen LogP contribution in [0.4, 0.5) is 5.69 Å². The van der Waals surface area contributed by atoms with Crippen LogP contribution in [0.3, 0.4) is 0 Å². The zero-order valence-electron chi connectivity index (χ0n) is 11.1. The van der Waals surface area contributed by atoms with Crippen molar-refractivity contribution in [1.82, 2.24) is 4.90 Å². The van der Waals surface area contributed by atoms with Crippen LogP contribution in [0.5, 0.6) is 0 Å². The Balaban J connectivity index is 2.07. The molecule has 0 aliphatic rings. The fourth-order valence-electron chi connectivity index (χ4n) is 1.74. The van der Waals surface area contributed by atoms with Gasteiger partial charge in [0, 0.05) is 20.7 Å². The molecular formula is C15H17IN2S. The van der Waals surface area contributed by atoms with E-state index in [1.807, 2.05) is 0 Å². The zero-order valence-corrected chi connectivity index (χ0v) is 14.0. The van der Waals surface area contributed by atoms with E-state index in [0.717, 1.165) is 12.2 Å². The molecule has 0 heterocycles. The van der Waals surface area contributed by atoms with Crippen molar-refractivity contribution in [2.75, 3.05) is 18.8 Å². The van der Waals surface area contributed by atoms with E-state index in [1.165, 1.54) is 14.0 Å². The van der Waals surface area contributed by atoms with Crippen LogP contribution in [0.1, 0.15) is 5.56 Å². The molecule has 4 heteroatoms. The summed E-state index contributed by atoms with van der Waals surface area (Å²) < 4.78 is 4.65. The SMILES string of the molecule is CN(C)Cc1ccccc1SNc1cccc(I)c1. The first-order valence-corrected chi connectivity index (χ1v) is 7.96. The number of anilines is 1. The summed E-state index contributed by atoms with van der Waals surface area (Å²) in [6.07, 6.45) is 0. The van der Waals surface area contributed by atoms with E-state index in [-0.39, 0.29) is 0 Å². The molecule has 1 N–H and O–H groups in total. The monoisotopic (exact) mass is 384 g/mol. The second kappa shape index (κ2) is 7.17. The average Bonchev–Trinajstić information content (AvgIpc) is 2.37. The third-order valence-electron chi connectivity index (χ3n) is 2.56. The van der Waals surface area contributed by atoms with Gasteiger partial charge in [-0.05, 0) is 78.5 Å². The normalized spacial score (nSPS) is 10.7. The van der Waals surface area contributed by atoms with Crippen LogP contribution in [-0.2, 0) is 6.54 Å². The summed E-state index contributed by atoms with van der Waals surface area (Å²) in [5, 5.41) is 0. The van der Waals surface area contributed by atoms with Gasteiger partial charge in [-0.3, -0.25) is 0 Å². The Kier molecular flexibility index (Phi) is 5.54. The van der Waals surface area contributed by atoms with Gasteiger partial charge in [0.1, 0.15) is 0 Å². The molecule has 0 saturated carbocycles. The molecule has 0 aromatic heterocycles. The van der Waals surface area contributed by atoms with Gasteiger partial charge in [0.05, 0.1) is 0 Å². The third kappa shape index (κ3) is 4.71. The van der Waals surface area contributed by atoms with Crippen LogP contribution in [0.15, 0.2) is 53.4 Å². The van der Waals surface area contributed by atoms with Gasteiger partial charge in [0.2, 0.25) is 0 Å². The Morgan fingerprint density at radius 3 is 2.63 bits per heavy atom. The molecule has 0 amide bonds. The van der Waals surface area contributed by atoms with Gasteiger partial charge in [-0.25, -0.2) is 0 Å². The van der Waals surface area contributed by atoms with E-state index in [0.29, 0.717) is 0 Å². The third-order valence-corrected chi connectivity index (χ3v) is 4.19. The number of hydrogen-bond donors (Lipinski definition) is 1. The van der Waals surface area contributed by atoms with Crippen molar-refractivity contribution < 1.29 is 0 Å². The van der Waals surface area contributed by atoms with Crippen molar-refractivity contribution in [1.29, 1.82) is 0 Å². The predicted molar refractivity (Wildman–Crippen MR) is 92.5 cm³/mol. The van der Waals surface area contributed by atoms with Crippen LogP contribution >= 0.6 is 34.5 Å². The molecular weight excluding hydrogens is 367 g/mol. The van der Waals surface area contributed by atoms with E-state index in [9.17, 15) is 0 Å². The fraction of sp³-hybridized carbons (Fsp3) is 0.200. The van der Waals surface area contributed by atoms with E-state index in [2.05, 4.69) is 94.8 Å². The summed E-state index contributed by atoms with van der Waals surface area (Å²) in [6.45, 7) is 0.956. The Morgan fingerprint density at radius 1 is 1.11 bits per heavy atom. The lowest BCUT2D eigenvalue weighted by Gasteiger charge is -2.14. The summed E-state index contributed by atoms with van der Waals surface area (Å²) in [5.74, 6) is 0.